The number of likely N-dealkylation sites (tertiary alicyclic amines) is 1. The van der Waals surface area contributed by atoms with Crippen molar-refractivity contribution in [3.63, 3.8) is 0 Å². The van der Waals surface area contributed by atoms with E-state index in [1.54, 1.807) is 4.72 Å². The number of aromatic nitrogens is 1. The molecule has 1 aromatic heterocycles. The van der Waals surface area contributed by atoms with Gasteiger partial charge in [0.05, 0.1) is 33.7 Å². The molecule has 240 valence electrons. The number of thiazole rings is 1. The predicted octanol–water partition coefficient (Wildman–Crippen LogP) is 5.04. The number of ketones is 1. The molecule has 2 aromatic rings. The summed E-state index contributed by atoms with van der Waals surface area (Å²) in [6.45, 7) is 2.66. The summed E-state index contributed by atoms with van der Waals surface area (Å²) in [7, 11) is -4.80. The fourth-order valence-electron chi connectivity index (χ4n) is 4.16. The van der Waals surface area contributed by atoms with Gasteiger partial charge in [0, 0.05) is 18.5 Å². The van der Waals surface area contributed by atoms with Gasteiger partial charge in [-0.2, -0.15) is 17.9 Å². The third-order valence-electron chi connectivity index (χ3n) is 6.51. The van der Waals surface area contributed by atoms with Crippen LogP contribution in [0, 0.1) is 0 Å². The highest BCUT2D eigenvalue weighted by atomic mass is 35.5. The van der Waals surface area contributed by atoms with E-state index < -0.39 is 74.9 Å². The fraction of sp³-hybridized carbons (Fsp3) is 0.560. The van der Waals surface area contributed by atoms with E-state index in [0.29, 0.717) is 6.54 Å². The van der Waals surface area contributed by atoms with Gasteiger partial charge in [-0.05, 0) is 39.3 Å². The van der Waals surface area contributed by atoms with Crippen LogP contribution in [-0.4, -0.2) is 78.5 Å². The Morgan fingerprint density at radius 2 is 1.86 bits per heavy atom. The summed E-state index contributed by atoms with van der Waals surface area (Å²) < 4.78 is 95.1. The second kappa shape index (κ2) is 13.2. The third-order valence-corrected chi connectivity index (χ3v) is 10.1. The molecule has 18 heteroatoms. The number of nitrogens with one attached hydrogen (secondary N) is 2. The molecule has 1 saturated heterocycles. The molecular formula is C25H29Cl2F5N4O5S2. The van der Waals surface area contributed by atoms with Crippen LogP contribution in [0.25, 0.3) is 10.4 Å². The largest absolute Gasteiger partial charge is 0.404 e. The van der Waals surface area contributed by atoms with Crippen LogP contribution in [0.15, 0.2) is 17.0 Å². The monoisotopic (exact) mass is 694 g/mol. The van der Waals surface area contributed by atoms with Gasteiger partial charge in [0.1, 0.15) is 16.5 Å². The lowest BCUT2D eigenvalue weighted by molar-refractivity contribution is -0.151. The summed E-state index contributed by atoms with van der Waals surface area (Å²) in [4.78, 5) is 30.0. The molecule has 1 amide bonds. The summed E-state index contributed by atoms with van der Waals surface area (Å²) in [6, 6.07) is -0.277. The van der Waals surface area contributed by atoms with Crippen LogP contribution < -0.4 is 10.0 Å². The van der Waals surface area contributed by atoms with Crippen molar-refractivity contribution in [3.8, 4) is 10.4 Å². The van der Waals surface area contributed by atoms with Crippen LogP contribution in [0.4, 0.5) is 22.0 Å². The van der Waals surface area contributed by atoms with Crippen molar-refractivity contribution in [2.24, 2.45) is 0 Å². The molecule has 1 aliphatic heterocycles. The van der Waals surface area contributed by atoms with E-state index in [0.717, 1.165) is 24.3 Å². The Labute approximate surface area is 258 Å². The number of benzene rings is 1. The molecule has 1 aliphatic rings. The molecule has 1 atom stereocenters. The summed E-state index contributed by atoms with van der Waals surface area (Å²) >= 11 is 13.4. The maximum atomic E-state index is 14.1. The second-order valence-corrected chi connectivity index (χ2v) is 13.9. The SMILES string of the molecule is CC[C@H](NS(=O)(=O)c1ccc(-c2sc(C(=O)NCC(=O)C(C)(C)O)nc2CN2CCCC(F)(F)C2)c(Cl)c1Cl)C(F)(F)F. The van der Waals surface area contributed by atoms with Gasteiger partial charge in [0.25, 0.3) is 11.8 Å². The summed E-state index contributed by atoms with van der Waals surface area (Å²) in [5, 5.41) is 11.0. The van der Waals surface area contributed by atoms with Crippen molar-refractivity contribution < 1.29 is 45.1 Å². The number of sulfonamides is 1. The highest BCUT2D eigenvalue weighted by Crippen LogP contribution is 2.42. The molecule has 3 rings (SSSR count). The van der Waals surface area contributed by atoms with Gasteiger partial charge in [-0.1, -0.05) is 36.2 Å². The summed E-state index contributed by atoms with van der Waals surface area (Å²) in [6.07, 6.45) is -5.55. The van der Waals surface area contributed by atoms with Gasteiger partial charge in [-0.3, -0.25) is 14.5 Å². The van der Waals surface area contributed by atoms with Gasteiger partial charge >= 0.3 is 6.18 Å². The highest BCUT2D eigenvalue weighted by molar-refractivity contribution is 7.89. The van der Waals surface area contributed by atoms with Crippen molar-refractivity contribution in [3.05, 3.63) is 32.9 Å². The zero-order valence-electron chi connectivity index (χ0n) is 23.1. The van der Waals surface area contributed by atoms with Crippen LogP contribution in [0.3, 0.4) is 0 Å². The van der Waals surface area contributed by atoms with E-state index in [9.17, 15) is 45.1 Å². The van der Waals surface area contributed by atoms with E-state index >= 15 is 0 Å². The van der Waals surface area contributed by atoms with Crippen LogP contribution in [-0.2, 0) is 21.4 Å². The molecule has 0 radical (unpaired) electrons. The van der Waals surface area contributed by atoms with Gasteiger partial charge in [0.15, 0.2) is 10.8 Å². The first-order valence-corrected chi connectivity index (χ1v) is 15.9. The number of piperidine rings is 1. The summed E-state index contributed by atoms with van der Waals surface area (Å²) in [5.74, 6) is -4.46. The molecule has 1 aromatic carbocycles. The minimum Gasteiger partial charge on any atom is -0.383 e. The standard InChI is InChI=1S/C25H29Cl2F5N4O5S2/c1-4-16(25(30,31)32)35-43(40,41)15-7-6-13(18(26)19(15)27)20-14(11-36-9-5-8-24(28,29)12-36)34-22(42-20)21(38)33-10-17(37)23(2,3)39/h6-7,16,35,39H,4-5,8-12H2,1-3H3,(H,33,38)/t16-/m0/s1. The van der Waals surface area contributed by atoms with Gasteiger partial charge < -0.3 is 10.4 Å². The van der Waals surface area contributed by atoms with E-state index in [1.807, 2.05) is 0 Å². The predicted molar refractivity (Wildman–Crippen MR) is 151 cm³/mol. The molecule has 0 aliphatic carbocycles. The van der Waals surface area contributed by atoms with Crippen LogP contribution >= 0.6 is 34.5 Å². The first-order valence-electron chi connectivity index (χ1n) is 12.9. The first kappa shape index (κ1) is 35.5. The molecule has 9 nitrogen and oxygen atoms in total. The molecular weight excluding hydrogens is 666 g/mol. The first-order chi connectivity index (χ1) is 19.7. The van der Waals surface area contributed by atoms with E-state index in [4.69, 9.17) is 23.2 Å². The summed E-state index contributed by atoms with van der Waals surface area (Å²) in [5.41, 5.74) is -1.54. The molecule has 3 N–H and O–H groups in total. The molecule has 1 fully saturated rings. The Morgan fingerprint density at radius 1 is 1.21 bits per heavy atom. The Kier molecular flexibility index (Phi) is 10.9. The van der Waals surface area contributed by atoms with Gasteiger partial charge in [-0.15, -0.1) is 11.3 Å². The number of carbonyl (C=O) groups excluding carboxylic acids is 2. The Bertz CT molecular complexity index is 1480. The topological polar surface area (TPSA) is 129 Å². The van der Waals surface area contributed by atoms with E-state index in [1.165, 1.54) is 24.8 Å². The lowest BCUT2D eigenvalue weighted by atomic mass is 10.0. The van der Waals surface area contributed by atoms with Crippen LogP contribution in [0.1, 0.15) is 55.5 Å². The number of rotatable bonds is 11. The number of halogens is 7. The number of carbonyl (C=O) groups is 2. The average molecular weight is 696 g/mol. The molecule has 0 bridgehead atoms. The quantitative estimate of drug-likeness (QED) is 0.281. The number of amides is 1. The number of Topliss-reactive ketones (excluding diaryl/α,β-unsaturated/α-hetero) is 1. The minimum absolute atomic E-state index is 0.0522. The lowest BCUT2D eigenvalue weighted by Crippen LogP contribution is -2.44. The molecule has 0 saturated carbocycles. The maximum absolute atomic E-state index is 14.1. The van der Waals surface area contributed by atoms with E-state index in [2.05, 4.69) is 10.3 Å². The smallest absolute Gasteiger partial charge is 0.383 e. The van der Waals surface area contributed by atoms with Crippen molar-refractivity contribution in [1.29, 1.82) is 0 Å². The van der Waals surface area contributed by atoms with Crippen LogP contribution in [0.2, 0.25) is 10.0 Å². The maximum Gasteiger partial charge on any atom is 0.404 e. The zero-order valence-corrected chi connectivity index (χ0v) is 26.3. The minimum atomic E-state index is -4.87. The number of alkyl halides is 5. The van der Waals surface area contributed by atoms with Gasteiger partial charge in [-0.25, -0.2) is 22.2 Å². The second-order valence-electron chi connectivity index (χ2n) is 10.5. The Hall–Kier alpha value is -1.95. The molecule has 0 spiro atoms. The van der Waals surface area contributed by atoms with E-state index in [-0.39, 0.29) is 45.6 Å². The average Bonchev–Trinajstić information content (AvgIpc) is 3.28. The normalized spacial score (nSPS) is 17.1. The molecule has 43 heavy (non-hydrogen) atoms. The fourth-order valence-corrected chi connectivity index (χ4v) is 7.41. The number of hydrogen-bond donors (Lipinski definition) is 3. The molecule has 2 heterocycles. The highest BCUT2D eigenvalue weighted by Gasteiger charge is 2.42. The number of nitrogens with zero attached hydrogens (tertiary/aromatic N) is 2. The van der Waals surface area contributed by atoms with Crippen molar-refractivity contribution in [2.75, 3.05) is 19.6 Å². The zero-order chi connectivity index (χ0) is 32.5. The number of aliphatic hydroxyl groups is 1. The van der Waals surface area contributed by atoms with Gasteiger partial charge in [0.2, 0.25) is 10.0 Å². The van der Waals surface area contributed by atoms with Crippen molar-refractivity contribution in [2.45, 2.75) is 75.2 Å². The third kappa shape index (κ3) is 8.83. The lowest BCUT2D eigenvalue weighted by Gasteiger charge is -2.32. The molecule has 0 unspecified atom stereocenters. The van der Waals surface area contributed by atoms with Crippen molar-refractivity contribution in [1.82, 2.24) is 19.9 Å². The van der Waals surface area contributed by atoms with Crippen LogP contribution in [0.5, 0.6) is 0 Å². The Balaban J connectivity index is 2.02. The van der Waals surface area contributed by atoms with Crippen molar-refractivity contribution >= 4 is 56.3 Å². The number of hydrogen-bond acceptors (Lipinski definition) is 8. The Morgan fingerprint density at radius 3 is 2.42 bits per heavy atom.